The Bertz CT molecular complexity index is 939. The zero-order valence-corrected chi connectivity index (χ0v) is 19.5. The molecule has 4 saturated carbocycles. The minimum atomic E-state index is -0.830. The van der Waals surface area contributed by atoms with E-state index in [1.165, 1.54) is 11.0 Å². The Morgan fingerprint density at radius 3 is 2.53 bits per heavy atom. The summed E-state index contributed by atoms with van der Waals surface area (Å²) in [5.41, 5.74) is -0.0185. The van der Waals surface area contributed by atoms with Crippen LogP contribution in [0, 0.1) is 28.6 Å². The molecule has 1 unspecified atom stereocenters. The third-order valence-corrected chi connectivity index (χ3v) is 10.8. The number of aliphatic hydroxyl groups is 1. The summed E-state index contributed by atoms with van der Waals surface area (Å²) in [6.07, 6.45) is 9.61. The molecule has 4 fully saturated rings. The molecule has 4 aliphatic rings. The van der Waals surface area contributed by atoms with Crippen molar-refractivity contribution in [2.24, 2.45) is 28.6 Å². The SMILES string of the molecule is CN(C(=O)O)C1CC[C@@]2(C)[C@H](CC[C@@H]3[C@@H]2CC[C@]2(C)[C@@H](c4ccc(=O)oc4)CC[C@]32O)C1. The van der Waals surface area contributed by atoms with Crippen molar-refractivity contribution in [1.29, 1.82) is 0 Å². The number of rotatable bonds is 2. The number of hydrogen-bond acceptors (Lipinski definition) is 4. The largest absolute Gasteiger partial charge is 0.465 e. The molecule has 0 saturated heterocycles. The standard InChI is InChI=1S/C26H37NO5/c1-24-11-8-18(27(3)23(29)30)14-17(24)5-6-21-20(24)9-12-25(2)19(10-13-26(21,25)31)16-4-7-22(28)32-15-16/h4,7,15,17-21,31H,5-6,8-14H2,1-3H3,(H,29,30)/t17-,18?,19-,20+,21-,24+,25-,26+/m1/s1. The molecule has 0 aliphatic heterocycles. The van der Waals surface area contributed by atoms with E-state index < -0.39 is 11.7 Å². The van der Waals surface area contributed by atoms with Gasteiger partial charge in [0.1, 0.15) is 0 Å². The molecule has 2 N–H and O–H groups in total. The zero-order chi connectivity index (χ0) is 22.9. The highest BCUT2D eigenvalue weighted by molar-refractivity contribution is 5.65. The summed E-state index contributed by atoms with van der Waals surface area (Å²) < 4.78 is 5.18. The maximum atomic E-state index is 12.3. The van der Waals surface area contributed by atoms with Crippen molar-refractivity contribution in [2.45, 2.75) is 89.2 Å². The molecule has 4 aliphatic carbocycles. The molecule has 0 aromatic carbocycles. The van der Waals surface area contributed by atoms with Crippen LogP contribution in [0.15, 0.2) is 27.6 Å². The topological polar surface area (TPSA) is 91.0 Å². The van der Waals surface area contributed by atoms with E-state index in [-0.39, 0.29) is 34.3 Å². The molecular weight excluding hydrogens is 406 g/mol. The van der Waals surface area contributed by atoms with Gasteiger partial charge in [0, 0.05) is 24.6 Å². The monoisotopic (exact) mass is 443 g/mol. The highest BCUT2D eigenvalue weighted by atomic mass is 16.4. The van der Waals surface area contributed by atoms with Gasteiger partial charge in [-0.25, -0.2) is 9.59 Å². The maximum absolute atomic E-state index is 12.3. The molecule has 6 nitrogen and oxygen atoms in total. The van der Waals surface area contributed by atoms with Crippen molar-refractivity contribution < 1.29 is 19.4 Å². The van der Waals surface area contributed by atoms with E-state index in [2.05, 4.69) is 13.8 Å². The summed E-state index contributed by atoms with van der Waals surface area (Å²) in [4.78, 5) is 24.5. The van der Waals surface area contributed by atoms with Gasteiger partial charge in [0.2, 0.25) is 0 Å². The van der Waals surface area contributed by atoms with E-state index in [9.17, 15) is 19.8 Å². The van der Waals surface area contributed by atoms with Gasteiger partial charge in [0.25, 0.3) is 0 Å². The molecular formula is C26H37NO5. The van der Waals surface area contributed by atoms with Gasteiger partial charge < -0.3 is 19.5 Å². The van der Waals surface area contributed by atoms with Gasteiger partial charge in [0.05, 0.1) is 11.9 Å². The first-order chi connectivity index (χ1) is 15.1. The summed E-state index contributed by atoms with van der Waals surface area (Å²) >= 11 is 0. The molecule has 0 spiro atoms. The Morgan fingerprint density at radius 1 is 1.06 bits per heavy atom. The molecule has 5 rings (SSSR count). The highest BCUT2D eigenvalue weighted by Crippen LogP contribution is 2.70. The van der Waals surface area contributed by atoms with Crippen LogP contribution in [-0.4, -0.2) is 39.9 Å². The average molecular weight is 444 g/mol. The first-order valence-electron chi connectivity index (χ1n) is 12.4. The number of amides is 1. The van der Waals surface area contributed by atoms with Crippen LogP contribution in [0.4, 0.5) is 4.79 Å². The van der Waals surface area contributed by atoms with Crippen molar-refractivity contribution in [1.82, 2.24) is 4.90 Å². The normalized spacial score (nSPS) is 45.4. The zero-order valence-electron chi connectivity index (χ0n) is 19.5. The quantitative estimate of drug-likeness (QED) is 0.681. The minimum Gasteiger partial charge on any atom is -0.465 e. The lowest BCUT2D eigenvalue weighted by Gasteiger charge is -2.64. The van der Waals surface area contributed by atoms with E-state index in [4.69, 9.17) is 4.42 Å². The van der Waals surface area contributed by atoms with Gasteiger partial charge in [0.15, 0.2) is 0 Å². The van der Waals surface area contributed by atoms with E-state index in [1.54, 1.807) is 13.3 Å². The Hall–Kier alpha value is -1.82. The smallest absolute Gasteiger partial charge is 0.407 e. The number of hydrogen-bond donors (Lipinski definition) is 2. The predicted molar refractivity (Wildman–Crippen MR) is 120 cm³/mol. The van der Waals surface area contributed by atoms with Crippen molar-refractivity contribution in [3.63, 3.8) is 0 Å². The molecule has 1 aromatic heterocycles. The van der Waals surface area contributed by atoms with Crippen molar-refractivity contribution in [3.05, 3.63) is 34.4 Å². The van der Waals surface area contributed by atoms with Crippen LogP contribution in [0.5, 0.6) is 0 Å². The van der Waals surface area contributed by atoms with Crippen LogP contribution >= 0.6 is 0 Å². The van der Waals surface area contributed by atoms with Gasteiger partial charge in [-0.2, -0.15) is 0 Å². The second kappa shape index (κ2) is 7.34. The summed E-state index contributed by atoms with van der Waals surface area (Å²) in [7, 11) is 1.71. The van der Waals surface area contributed by atoms with Gasteiger partial charge in [-0.3, -0.25) is 0 Å². The molecule has 0 bridgehead atoms. The molecule has 32 heavy (non-hydrogen) atoms. The Labute approximate surface area is 190 Å². The van der Waals surface area contributed by atoms with Crippen LogP contribution in [-0.2, 0) is 0 Å². The van der Waals surface area contributed by atoms with Crippen molar-refractivity contribution >= 4 is 6.09 Å². The van der Waals surface area contributed by atoms with E-state index in [1.807, 2.05) is 6.07 Å². The Kier molecular flexibility index (Phi) is 5.05. The fraction of sp³-hybridized carbons (Fsp3) is 0.769. The van der Waals surface area contributed by atoms with Gasteiger partial charge >= 0.3 is 11.7 Å². The lowest BCUT2D eigenvalue weighted by Crippen LogP contribution is -2.62. The second-order valence-electron chi connectivity index (χ2n) is 11.7. The fourth-order valence-corrected chi connectivity index (χ4v) is 8.81. The van der Waals surface area contributed by atoms with Crippen molar-refractivity contribution in [3.8, 4) is 0 Å². The molecule has 1 heterocycles. The lowest BCUT2D eigenvalue weighted by molar-refractivity contribution is -0.203. The van der Waals surface area contributed by atoms with Crippen LogP contribution in [0.25, 0.3) is 0 Å². The number of carboxylic acid groups (broad SMARTS) is 1. The minimum absolute atomic E-state index is 0.114. The molecule has 8 atom stereocenters. The van der Waals surface area contributed by atoms with E-state index in [0.29, 0.717) is 11.8 Å². The summed E-state index contributed by atoms with van der Waals surface area (Å²) in [5, 5.41) is 21.7. The van der Waals surface area contributed by atoms with Crippen LogP contribution in [0.2, 0.25) is 0 Å². The highest BCUT2D eigenvalue weighted by Gasteiger charge is 2.67. The number of nitrogens with zero attached hydrogens (tertiary/aromatic N) is 1. The summed E-state index contributed by atoms with van der Waals surface area (Å²) in [5.74, 6) is 1.51. The fourth-order valence-electron chi connectivity index (χ4n) is 8.81. The van der Waals surface area contributed by atoms with E-state index in [0.717, 1.165) is 63.4 Å². The summed E-state index contributed by atoms with van der Waals surface area (Å²) in [6.45, 7) is 4.69. The molecule has 1 aromatic rings. The van der Waals surface area contributed by atoms with Crippen molar-refractivity contribution in [2.75, 3.05) is 7.05 Å². The molecule has 176 valence electrons. The molecule has 0 radical (unpaired) electrons. The first-order valence-corrected chi connectivity index (χ1v) is 12.4. The Morgan fingerprint density at radius 2 is 1.84 bits per heavy atom. The second-order valence-corrected chi connectivity index (χ2v) is 11.7. The molecule has 1 amide bonds. The number of carbonyl (C=O) groups is 1. The lowest BCUT2D eigenvalue weighted by atomic mass is 9.43. The first kappa shape index (κ1) is 22.0. The van der Waals surface area contributed by atoms with E-state index >= 15 is 0 Å². The van der Waals surface area contributed by atoms with Crippen LogP contribution in [0.1, 0.15) is 83.1 Å². The third-order valence-electron chi connectivity index (χ3n) is 10.8. The predicted octanol–water partition coefficient (Wildman–Crippen LogP) is 4.86. The van der Waals surface area contributed by atoms with Gasteiger partial charge in [-0.15, -0.1) is 0 Å². The number of fused-ring (bicyclic) bond motifs is 5. The summed E-state index contributed by atoms with van der Waals surface area (Å²) in [6, 6.07) is 3.50. The van der Waals surface area contributed by atoms with Gasteiger partial charge in [-0.1, -0.05) is 13.8 Å². The van der Waals surface area contributed by atoms with Crippen LogP contribution in [0.3, 0.4) is 0 Å². The average Bonchev–Trinajstić information content (AvgIpc) is 3.04. The third kappa shape index (κ3) is 2.94. The van der Waals surface area contributed by atoms with Crippen LogP contribution < -0.4 is 5.63 Å². The Balaban J connectivity index is 1.41. The van der Waals surface area contributed by atoms with Gasteiger partial charge in [-0.05, 0) is 98.5 Å². The maximum Gasteiger partial charge on any atom is 0.407 e. The molecule has 6 heteroatoms.